The molecule has 134 heavy (non-hydrogen) atoms. The first-order chi connectivity index (χ1) is 62.7. The fraction of sp³-hybridized carbons (Fsp3) is 0.364. The predicted octanol–water partition coefficient (Wildman–Crippen LogP) is 9.56. The fourth-order valence-electron chi connectivity index (χ4n) is 16.1. The number of unbranched alkanes of at least 4 members (excludes halogenated alkanes) is 4. The maximum absolute atomic E-state index is 11.4. The largest absolute Gasteiger partial charge is 0.748 e. The Balaban J connectivity index is 0.000000322. The van der Waals surface area contributed by atoms with Crippen LogP contribution in [0.4, 0.5) is 22.7 Å². The lowest BCUT2D eigenvalue weighted by molar-refractivity contribution is -0.438. The number of ether oxygens (including phenoxy) is 4. The molecule has 6 aromatic rings. The van der Waals surface area contributed by atoms with Gasteiger partial charge in [0.15, 0.2) is 11.4 Å². The first kappa shape index (κ1) is 112. The molecule has 0 aliphatic carbocycles. The average molecular weight is 2030 g/mol. The number of carbonyl (C=O) groups excluding carboxylic acids is 2. The van der Waals surface area contributed by atoms with Crippen molar-refractivity contribution in [2.24, 2.45) is 0 Å². The van der Waals surface area contributed by atoms with Gasteiger partial charge in [0.2, 0.25) is 11.4 Å². The van der Waals surface area contributed by atoms with Gasteiger partial charge in [-0.15, -0.1) is 50.5 Å². The van der Waals surface area contributed by atoms with Crippen LogP contribution in [0.15, 0.2) is 233 Å². The molecule has 6 aliphatic rings. The zero-order valence-corrected chi connectivity index (χ0v) is 81.3. The number of allylic oxidation sites excluding steroid dienone is 12. The third kappa shape index (κ3) is 33.9. The highest BCUT2D eigenvalue weighted by molar-refractivity contribution is 7.86. The van der Waals surface area contributed by atoms with Gasteiger partial charge in [-0.25, -0.2) is 16.8 Å². The maximum atomic E-state index is 11.4. The minimum Gasteiger partial charge on any atom is -0.748 e. The number of rotatable bonds is 32. The van der Waals surface area contributed by atoms with Crippen molar-refractivity contribution in [1.29, 1.82) is 0 Å². The summed E-state index contributed by atoms with van der Waals surface area (Å²) in [5.74, 6) is 0.653. The molecular formula is C88H102BClN4O32S8. The van der Waals surface area contributed by atoms with E-state index in [1.165, 1.54) is 29.8 Å². The minimum absolute atomic E-state index is 0.262. The van der Waals surface area contributed by atoms with Crippen LogP contribution in [-0.2, 0) is 124 Å². The van der Waals surface area contributed by atoms with Crippen LogP contribution in [0.25, 0.3) is 5.57 Å². The fourth-order valence-corrected chi connectivity index (χ4v) is 18.6. The Morgan fingerprint density at radius 3 is 1.14 bits per heavy atom. The van der Waals surface area contributed by atoms with Crippen LogP contribution in [0.1, 0.15) is 147 Å². The zero-order chi connectivity index (χ0) is 99.9. The van der Waals surface area contributed by atoms with Gasteiger partial charge in [0.1, 0.15) is 36.1 Å². The van der Waals surface area contributed by atoms with Gasteiger partial charge < -0.3 is 47.9 Å². The number of benzene rings is 6. The lowest BCUT2D eigenvalue weighted by Gasteiger charge is -2.28. The highest BCUT2D eigenvalue weighted by Gasteiger charge is 2.47. The Hall–Kier alpha value is -10.9. The molecule has 0 fully saturated rings. The molecule has 0 atom stereocenters. The number of halogens is 1. The molecule has 6 aromatic carbocycles. The second kappa shape index (κ2) is 50.6. The smallest absolute Gasteiger partial charge is 0.488 e. The third-order valence-electron chi connectivity index (χ3n) is 22.0. The average Bonchev–Trinajstić information content (AvgIpc) is 1.61. The summed E-state index contributed by atoms with van der Waals surface area (Å²) in [7, 11) is -30.6. The Bertz CT molecular complexity index is 6460. The van der Waals surface area contributed by atoms with Crippen LogP contribution in [0.5, 0.6) is 11.5 Å². The number of hydrogen-bond donors (Lipinski definition) is 4. The molecule has 6 heterocycles. The normalized spacial score (nSPS) is 17.1. The van der Waals surface area contributed by atoms with E-state index in [0.717, 1.165) is 84.5 Å². The van der Waals surface area contributed by atoms with Crippen LogP contribution < -0.4 is 24.7 Å². The molecule has 12 rings (SSSR count). The van der Waals surface area contributed by atoms with Gasteiger partial charge in [-0.1, -0.05) is 149 Å². The summed E-state index contributed by atoms with van der Waals surface area (Å²) in [5, 5.41) is 17.9. The maximum Gasteiger partial charge on any atom is 0.488 e. The van der Waals surface area contributed by atoms with E-state index in [1.807, 2.05) is 85.0 Å². The molecule has 0 spiro atoms. The number of nitrogens with zero attached hydrogens (tertiary/aromatic N) is 4. The van der Waals surface area contributed by atoms with Gasteiger partial charge in [-0.2, -0.15) is 26.0 Å². The Labute approximate surface area is 790 Å². The highest BCUT2D eigenvalue weighted by atomic mass is 35.5. The van der Waals surface area contributed by atoms with Crippen molar-refractivity contribution in [2.45, 2.75) is 141 Å². The molecule has 4 N–H and O–H groups in total. The van der Waals surface area contributed by atoms with E-state index in [2.05, 4.69) is 152 Å². The quantitative estimate of drug-likeness (QED) is 0.0100. The van der Waals surface area contributed by atoms with Gasteiger partial charge in [-0.05, 0) is 160 Å². The Morgan fingerprint density at radius 1 is 0.433 bits per heavy atom. The first-order valence-corrected chi connectivity index (χ1v) is 51.9. The van der Waals surface area contributed by atoms with E-state index < -0.39 is 101 Å². The molecule has 46 heteroatoms. The van der Waals surface area contributed by atoms with Crippen molar-refractivity contribution < 1.29 is 150 Å². The summed E-state index contributed by atoms with van der Waals surface area (Å²) in [5.41, 5.74) is 15.7. The molecular weight excluding hydrogens is 1930 g/mol. The SMILES string of the molecule is CC1(C)C(=CC=C2OCCC(C=CC3=[N+](CCCCS(=O)(=O)O)c4ccccc4C3(C)C)=C2Cl)N(CCCCS(=O)(=O)[O-])c2ccccc21.CC1(C)C(=CC=C2OCCC(C=CC3=[N+](CCCCS(=O)(=O)O)c4ccccc4C3(C)C)=C2c2ccc(OC=O)cc2)N(CCCCS(=O)(=O)[O-])c2ccccc21.O=COc1ccc(B(O)O)cc1.O=S(=O)=O.O=S(=O)=O.O=S(=O)=O.O=S(=O)=O. The van der Waals surface area contributed by atoms with E-state index in [9.17, 15) is 61.5 Å². The van der Waals surface area contributed by atoms with Crippen LogP contribution in [0, 0.1) is 0 Å². The third-order valence-corrected chi connectivity index (χ3v) is 25.6. The second-order valence-electron chi connectivity index (χ2n) is 32.4. The van der Waals surface area contributed by atoms with Crippen molar-refractivity contribution in [3.05, 3.63) is 261 Å². The van der Waals surface area contributed by atoms with Gasteiger partial charge in [0, 0.05) is 125 Å². The number of fused-ring (bicyclic) bond motifs is 4. The number of anilines is 2. The van der Waals surface area contributed by atoms with Gasteiger partial charge in [0.25, 0.3) is 33.2 Å². The summed E-state index contributed by atoms with van der Waals surface area (Å²) in [4.78, 5) is 25.4. The van der Waals surface area contributed by atoms with Gasteiger partial charge >= 0.3 is 49.6 Å². The topological polar surface area (TPSA) is 552 Å². The molecule has 0 bridgehead atoms. The van der Waals surface area contributed by atoms with E-state index in [1.54, 1.807) is 12.1 Å². The monoisotopic (exact) mass is 2030 g/mol. The summed E-state index contributed by atoms with van der Waals surface area (Å²) in [6.45, 7) is 21.2. The van der Waals surface area contributed by atoms with Crippen LogP contribution in [0.3, 0.4) is 0 Å². The molecule has 0 aromatic heterocycles. The highest BCUT2D eigenvalue weighted by Crippen LogP contribution is 2.51. The van der Waals surface area contributed by atoms with Crippen molar-refractivity contribution in [2.75, 3.05) is 72.2 Å². The second-order valence-corrected chi connectivity index (χ2v) is 40.6. The molecule has 0 saturated carbocycles. The number of hydrogen-bond acceptors (Lipinski definition) is 32. The lowest BCUT2D eigenvalue weighted by Crippen LogP contribution is -2.29. The van der Waals surface area contributed by atoms with Crippen molar-refractivity contribution in [1.82, 2.24) is 0 Å². The summed E-state index contributed by atoms with van der Waals surface area (Å²) < 4.78 is 259. The summed E-state index contributed by atoms with van der Waals surface area (Å²) in [6.07, 6.45) is 21.1. The molecule has 0 amide bonds. The number of carbonyl (C=O) groups is 2. The molecule has 36 nitrogen and oxygen atoms in total. The summed E-state index contributed by atoms with van der Waals surface area (Å²) >= 11 is 7.01. The number of para-hydroxylation sites is 4. The lowest BCUT2D eigenvalue weighted by atomic mass is 9.80. The van der Waals surface area contributed by atoms with Gasteiger partial charge in [0.05, 0.1) is 60.8 Å². The molecule has 724 valence electrons. The molecule has 6 aliphatic heterocycles. The van der Waals surface area contributed by atoms with E-state index in [0.29, 0.717) is 137 Å². The van der Waals surface area contributed by atoms with Gasteiger partial charge in [-0.3, -0.25) is 18.7 Å². The van der Waals surface area contributed by atoms with E-state index >= 15 is 0 Å². The van der Waals surface area contributed by atoms with E-state index in [4.69, 9.17) is 86.4 Å². The van der Waals surface area contributed by atoms with E-state index in [-0.39, 0.29) is 46.3 Å². The Morgan fingerprint density at radius 2 is 0.769 bits per heavy atom. The predicted molar refractivity (Wildman–Crippen MR) is 497 cm³/mol. The zero-order valence-electron chi connectivity index (χ0n) is 74.0. The standard InChI is InChI=1S/C44H50N2O9S2.C37H45ClN2O7S2.C7H7BO4.4O3S/c1-43(2)35-13-5-7-15-37(35)45(26-9-11-29-56(48,49)50)40(43)23-19-33-25-28-54-39(42(33)32-17-20-34(21-18-32)55-31-47)22-24-41-44(3,4)36-14-6-8-16-38(36)46(41)27-10-12-30-57(51,52)53;1-36(2)28-13-5-7-15-30(28)39(22-9-11-25-48(41,42)43)33(36)19-17-27-21-24-47-32(35(27)38)18-20-34-37(3,4)29-14-6-8-16-31(29)40(34)23-10-12-26-49(44,45)46;9-5-12-7-3-1-6(2-4-7)8(10)11;4*1-4(2)3/h5-8,13-24,31H,9-12,25-30H2,1-4H3,(H-,48,49,50,51,52,53);5-8,13-20H,9-12,21-26H2,1-4H3,(H-,41,42,43,44,45,46);1-5,10-11H;;;;. The van der Waals surface area contributed by atoms with Crippen LogP contribution >= 0.6 is 11.6 Å². The van der Waals surface area contributed by atoms with Crippen molar-refractivity contribution >= 4 is 160 Å². The molecule has 0 unspecified atom stereocenters. The Kier molecular flexibility index (Phi) is 42.3. The minimum atomic E-state index is -4.31. The van der Waals surface area contributed by atoms with Crippen molar-refractivity contribution in [3.63, 3.8) is 0 Å². The van der Waals surface area contributed by atoms with Crippen molar-refractivity contribution in [3.8, 4) is 11.5 Å². The van der Waals surface area contributed by atoms with Crippen LogP contribution in [-0.4, -0.2) is 215 Å². The summed E-state index contributed by atoms with van der Waals surface area (Å²) in [6, 6.07) is 45.9. The molecule has 0 saturated heterocycles. The van der Waals surface area contributed by atoms with Crippen LogP contribution in [0.2, 0.25) is 0 Å². The first-order valence-electron chi connectivity index (χ1n) is 41.1. The molecule has 0 radical (unpaired) electrons.